The Morgan fingerprint density at radius 3 is 2.50 bits per heavy atom. The summed E-state index contributed by atoms with van der Waals surface area (Å²) in [6.07, 6.45) is 3.85. The van der Waals surface area contributed by atoms with Crippen LogP contribution in [0.15, 0.2) is 41.6 Å². The molecule has 0 fully saturated rings. The van der Waals surface area contributed by atoms with Crippen molar-refractivity contribution in [2.45, 2.75) is 26.4 Å². The van der Waals surface area contributed by atoms with Crippen LogP contribution in [0.2, 0.25) is 0 Å². The number of aromatic hydroxyl groups is 1. The predicted molar refractivity (Wildman–Crippen MR) is 115 cm³/mol. The number of fused-ring (bicyclic) bond motifs is 1. The van der Waals surface area contributed by atoms with Gasteiger partial charge in [-0.15, -0.1) is 4.40 Å². The molecule has 0 aliphatic carbocycles. The molecule has 2 heterocycles. The number of nitrogens with one attached hydrogen (secondary N) is 1. The zero-order valence-corrected chi connectivity index (χ0v) is 18.7. The van der Waals surface area contributed by atoms with Gasteiger partial charge in [-0.05, 0) is 31.5 Å². The summed E-state index contributed by atoms with van der Waals surface area (Å²) < 4.78 is 40.9. The van der Waals surface area contributed by atoms with Gasteiger partial charge < -0.3 is 10.4 Å². The number of aromatic nitrogens is 3. The minimum absolute atomic E-state index is 0.00214. The number of carbonyl (C=O) groups is 1. The van der Waals surface area contributed by atoms with Crippen molar-refractivity contribution in [3.05, 3.63) is 64.2 Å². The number of carbonyl (C=O) groups excluding carboxylic acids is 1. The van der Waals surface area contributed by atoms with E-state index in [1.165, 1.54) is 43.8 Å². The number of hydrogen-bond acceptors (Lipinski definition) is 6. The Morgan fingerprint density at radius 2 is 1.94 bits per heavy atom. The van der Waals surface area contributed by atoms with E-state index in [2.05, 4.69) is 10.3 Å². The lowest BCUT2D eigenvalue weighted by Crippen LogP contribution is -2.41. The maximum atomic E-state index is 13.0. The molecule has 3 aromatic rings. The summed E-state index contributed by atoms with van der Waals surface area (Å²) in [6.45, 7) is 3.65. The number of nitrogens with zero attached hydrogens (tertiary/aromatic N) is 4. The average Bonchev–Trinajstić information content (AvgIpc) is 2.73. The van der Waals surface area contributed by atoms with E-state index in [4.69, 9.17) is 0 Å². The number of anilines is 1. The predicted octanol–water partition coefficient (Wildman–Crippen LogP) is 0.733. The maximum absolute atomic E-state index is 13.0. The van der Waals surface area contributed by atoms with Crippen LogP contribution in [-0.2, 0) is 16.6 Å². The molecule has 0 unspecified atom stereocenters. The Hall–Kier alpha value is -3.54. The molecular weight excluding hydrogens is 441 g/mol. The minimum Gasteiger partial charge on any atom is -0.500 e. The van der Waals surface area contributed by atoms with E-state index >= 15 is 0 Å². The van der Waals surface area contributed by atoms with E-state index in [1.54, 1.807) is 4.57 Å². The molecule has 1 amide bonds. The van der Waals surface area contributed by atoms with Gasteiger partial charge in [0.1, 0.15) is 12.0 Å². The molecule has 0 radical (unpaired) electrons. The van der Waals surface area contributed by atoms with E-state index in [-0.39, 0.29) is 23.9 Å². The standard InChI is InChI=1S/C20H22FN5O5S/c1-12(2)25-10-15(24(3)32(4,30)31)18-23-16(17(27)20(29)26(18)11-25)19(28)22-9-13-5-7-14(21)8-6-13/h5-8,10-12H,9H2,1-4H3,(H-,22,27,28)/p+1. The summed E-state index contributed by atoms with van der Waals surface area (Å²) in [5.41, 5.74) is -0.965. The van der Waals surface area contributed by atoms with Crippen molar-refractivity contribution in [2.24, 2.45) is 0 Å². The molecule has 0 saturated carbocycles. The van der Waals surface area contributed by atoms with Gasteiger partial charge in [0.15, 0.2) is 11.4 Å². The number of halogens is 1. The molecule has 0 aliphatic rings. The number of sulfonamides is 1. The van der Waals surface area contributed by atoms with Crippen molar-refractivity contribution in [2.75, 3.05) is 17.6 Å². The highest BCUT2D eigenvalue weighted by atomic mass is 32.2. The highest BCUT2D eigenvalue weighted by Crippen LogP contribution is 2.21. The summed E-state index contributed by atoms with van der Waals surface area (Å²) in [7, 11) is -2.43. The van der Waals surface area contributed by atoms with Gasteiger partial charge in [0.05, 0.1) is 12.3 Å². The van der Waals surface area contributed by atoms with Crippen LogP contribution >= 0.6 is 0 Å². The third-order valence-corrected chi connectivity index (χ3v) is 6.05. The van der Waals surface area contributed by atoms with E-state index in [0.29, 0.717) is 5.56 Å². The molecule has 2 aromatic heterocycles. The average molecular weight is 464 g/mol. The molecule has 0 atom stereocenters. The molecule has 12 heteroatoms. The van der Waals surface area contributed by atoms with Crippen LogP contribution in [0.1, 0.15) is 35.9 Å². The third-order valence-electron chi connectivity index (χ3n) is 4.86. The Balaban J connectivity index is 2.13. The SMILES string of the molecule is CC(C)[n+]1cc(N(C)S(C)(=O)=O)c2nc(C(=O)NCc3ccc(F)cc3)c(O)c(=O)n2c1. The fourth-order valence-corrected chi connectivity index (χ4v) is 3.37. The van der Waals surface area contributed by atoms with Crippen LogP contribution in [-0.4, -0.2) is 42.1 Å². The Bertz CT molecular complexity index is 1350. The highest BCUT2D eigenvalue weighted by molar-refractivity contribution is 7.92. The zero-order chi connectivity index (χ0) is 23.8. The second kappa shape index (κ2) is 8.54. The molecule has 3 rings (SSSR count). The second-order valence-electron chi connectivity index (χ2n) is 7.52. The monoisotopic (exact) mass is 464 g/mol. The number of amides is 1. The van der Waals surface area contributed by atoms with Crippen LogP contribution in [0, 0.1) is 5.82 Å². The summed E-state index contributed by atoms with van der Waals surface area (Å²) in [5.74, 6) is -2.16. The van der Waals surface area contributed by atoms with Gasteiger partial charge in [-0.3, -0.25) is 9.10 Å². The van der Waals surface area contributed by atoms with Crippen molar-refractivity contribution in [3.63, 3.8) is 0 Å². The Labute approximate surface area is 183 Å². The molecule has 0 bridgehead atoms. The van der Waals surface area contributed by atoms with Crippen molar-refractivity contribution < 1.29 is 27.3 Å². The molecule has 10 nitrogen and oxygen atoms in total. The van der Waals surface area contributed by atoms with Crippen LogP contribution in [0.25, 0.3) is 5.65 Å². The van der Waals surface area contributed by atoms with Crippen LogP contribution in [0.4, 0.5) is 10.1 Å². The Kier molecular flexibility index (Phi) is 6.17. The normalized spacial score (nSPS) is 11.7. The van der Waals surface area contributed by atoms with Gasteiger partial charge in [0, 0.05) is 13.6 Å². The summed E-state index contributed by atoms with van der Waals surface area (Å²) >= 11 is 0. The fourth-order valence-electron chi connectivity index (χ4n) is 2.89. The molecule has 0 aliphatic heterocycles. The molecule has 0 saturated heterocycles. The summed E-state index contributed by atoms with van der Waals surface area (Å²) in [4.78, 5) is 29.6. The number of benzene rings is 1. The van der Waals surface area contributed by atoms with Crippen LogP contribution in [0.5, 0.6) is 5.75 Å². The molecule has 170 valence electrons. The topological polar surface area (TPSA) is 125 Å². The lowest BCUT2D eigenvalue weighted by atomic mass is 10.2. The second-order valence-corrected chi connectivity index (χ2v) is 9.53. The zero-order valence-electron chi connectivity index (χ0n) is 17.9. The van der Waals surface area contributed by atoms with Crippen molar-refractivity contribution >= 4 is 27.3 Å². The van der Waals surface area contributed by atoms with E-state index in [0.717, 1.165) is 15.0 Å². The van der Waals surface area contributed by atoms with Crippen molar-refractivity contribution in [1.82, 2.24) is 14.7 Å². The van der Waals surface area contributed by atoms with Gasteiger partial charge in [0.25, 0.3) is 17.9 Å². The summed E-state index contributed by atoms with van der Waals surface area (Å²) in [6, 6.07) is 5.27. The third kappa shape index (κ3) is 4.54. The van der Waals surface area contributed by atoms with Gasteiger partial charge >= 0.3 is 5.56 Å². The van der Waals surface area contributed by atoms with Gasteiger partial charge in [-0.25, -0.2) is 22.2 Å². The molecule has 2 N–H and O–H groups in total. The molecule has 0 spiro atoms. The lowest BCUT2D eigenvalue weighted by Gasteiger charge is -2.18. The first-order chi connectivity index (χ1) is 14.9. The van der Waals surface area contributed by atoms with Gasteiger partial charge in [-0.2, -0.15) is 4.98 Å². The van der Waals surface area contributed by atoms with Gasteiger partial charge in [-0.1, -0.05) is 12.1 Å². The van der Waals surface area contributed by atoms with Gasteiger partial charge in [0.2, 0.25) is 15.8 Å². The first kappa shape index (κ1) is 23.1. The largest absolute Gasteiger partial charge is 0.500 e. The van der Waals surface area contributed by atoms with Crippen LogP contribution in [0.3, 0.4) is 0 Å². The first-order valence-corrected chi connectivity index (χ1v) is 11.4. The lowest BCUT2D eigenvalue weighted by molar-refractivity contribution is -0.718. The molecule has 32 heavy (non-hydrogen) atoms. The molecule has 1 aromatic carbocycles. The van der Waals surface area contributed by atoms with E-state index in [1.807, 2.05) is 13.8 Å². The number of hydrogen-bond donors (Lipinski definition) is 2. The smallest absolute Gasteiger partial charge is 0.384 e. The maximum Gasteiger partial charge on any atom is 0.384 e. The molecular formula is C20H23FN5O5S+. The first-order valence-electron chi connectivity index (χ1n) is 9.56. The Morgan fingerprint density at radius 1 is 1.31 bits per heavy atom. The summed E-state index contributed by atoms with van der Waals surface area (Å²) in [5, 5.41) is 12.9. The number of rotatable bonds is 6. The highest BCUT2D eigenvalue weighted by Gasteiger charge is 2.28. The minimum atomic E-state index is -3.72. The van der Waals surface area contributed by atoms with E-state index in [9.17, 15) is 27.5 Å². The van der Waals surface area contributed by atoms with Crippen molar-refractivity contribution in [1.29, 1.82) is 0 Å². The van der Waals surface area contributed by atoms with Crippen LogP contribution < -0.4 is 19.7 Å². The van der Waals surface area contributed by atoms with Crippen molar-refractivity contribution in [3.8, 4) is 5.75 Å². The van der Waals surface area contributed by atoms with E-state index < -0.39 is 38.8 Å². The fraction of sp³-hybridized carbons (Fsp3) is 0.300. The quantitative estimate of drug-likeness (QED) is 0.519.